The lowest BCUT2D eigenvalue weighted by Crippen LogP contribution is -2.50. The maximum atomic E-state index is 13.0. The summed E-state index contributed by atoms with van der Waals surface area (Å²) >= 11 is 0. The Balaban J connectivity index is 1.55. The molecule has 3 aromatic rings. The average molecular weight is 378 g/mol. The van der Waals surface area contributed by atoms with Crippen molar-refractivity contribution in [3.8, 4) is 5.75 Å². The highest BCUT2D eigenvalue weighted by atomic mass is 16.5. The summed E-state index contributed by atoms with van der Waals surface area (Å²) in [5.74, 6) is 1.29. The third-order valence-electron chi connectivity index (χ3n) is 5.17. The monoisotopic (exact) mass is 378 g/mol. The quantitative estimate of drug-likeness (QED) is 0.756. The Hall–Kier alpha value is -3.35. The number of anilines is 1. The van der Waals surface area contributed by atoms with E-state index in [1.54, 1.807) is 36.4 Å². The number of hydrogen-bond donors (Lipinski definition) is 1. The summed E-state index contributed by atoms with van der Waals surface area (Å²) in [5, 5.41) is 0.452. The van der Waals surface area contributed by atoms with Gasteiger partial charge in [0, 0.05) is 49.5 Å². The van der Waals surface area contributed by atoms with Crippen molar-refractivity contribution in [2.24, 2.45) is 0 Å². The number of amides is 1. The predicted octanol–water partition coefficient (Wildman–Crippen LogP) is 2.20. The number of ether oxygens (including phenoxy) is 1. The number of aryl methyl sites for hydroxylation is 1. The molecule has 1 aliphatic rings. The lowest BCUT2D eigenvalue weighted by atomic mass is 10.1. The first-order valence-corrected chi connectivity index (χ1v) is 9.24. The number of pyridine rings is 2. The van der Waals surface area contributed by atoms with Crippen molar-refractivity contribution >= 4 is 22.6 Å². The Bertz CT molecular complexity index is 1080. The molecule has 0 saturated carbocycles. The molecule has 1 aromatic carbocycles. The number of piperazine rings is 1. The number of carbonyl (C=O) groups excluding carboxylic acids is 1. The lowest BCUT2D eigenvalue weighted by Gasteiger charge is -2.36. The molecule has 144 valence electrons. The van der Waals surface area contributed by atoms with E-state index in [2.05, 4.69) is 14.9 Å². The maximum absolute atomic E-state index is 13.0. The number of carbonyl (C=O) groups is 1. The summed E-state index contributed by atoms with van der Waals surface area (Å²) in [6.45, 7) is 4.49. The van der Waals surface area contributed by atoms with E-state index in [-0.39, 0.29) is 16.9 Å². The van der Waals surface area contributed by atoms with Crippen LogP contribution in [0.25, 0.3) is 10.9 Å². The van der Waals surface area contributed by atoms with Crippen molar-refractivity contribution in [3.05, 3.63) is 64.1 Å². The van der Waals surface area contributed by atoms with Gasteiger partial charge in [0.1, 0.15) is 17.1 Å². The molecule has 0 atom stereocenters. The second-order valence-corrected chi connectivity index (χ2v) is 6.87. The minimum atomic E-state index is -0.277. The van der Waals surface area contributed by atoms with Crippen molar-refractivity contribution in [2.45, 2.75) is 6.92 Å². The Labute approximate surface area is 162 Å². The molecule has 7 nitrogen and oxygen atoms in total. The Morgan fingerprint density at radius 3 is 2.68 bits per heavy atom. The number of methoxy groups -OCH3 is 1. The zero-order valence-electron chi connectivity index (χ0n) is 15.9. The second kappa shape index (κ2) is 7.34. The van der Waals surface area contributed by atoms with Gasteiger partial charge in [-0.3, -0.25) is 9.59 Å². The zero-order chi connectivity index (χ0) is 19.7. The minimum absolute atomic E-state index is 0.156. The van der Waals surface area contributed by atoms with Crippen molar-refractivity contribution in [2.75, 3.05) is 38.2 Å². The first kappa shape index (κ1) is 18.0. The normalized spacial score (nSPS) is 14.4. The van der Waals surface area contributed by atoms with E-state index in [0.717, 1.165) is 11.4 Å². The average Bonchev–Trinajstić information content (AvgIpc) is 2.74. The Kier molecular flexibility index (Phi) is 4.73. The fourth-order valence-electron chi connectivity index (χ4n) is 3.58. The van der Waals surface area contributed by atoms with Crippen LogP contribution in [0.1, 0.15) is 15.9 Å². The van der Waals surface area contributed by atoms with Gasteiger partial charge in [0.25, 0.3) is 5.91 Å². The Morgan fingerprint density at radius 2 is 1.96 bits per heavy atom. The van der Waals surface area contributed by atoms with Crippen LogP contribution in [0.4, 0.5) is 5.82 Å². The van der Waals surface area contributed by atoms with E-state index in [1.165, 1.54) is 6.20 Å². The number of nitrogens with zero attached hydrogens (tertiary/aromatic N) is 3. The number of aromatic amines is 1. The van der Waals surface area contributed by atoms with E-state index in [0.29, 0.717) is 42.8 Å². The number of hydrogen-bond acceptors (Lipinski definition) is 5. The summed E-state index contributed by atoms with van der Waals surface area (Å²) in [6.07, 6.45) is 3.29. The third kappa shape index (κ3) is 3.19. The molecule has 0 bridgehead atoms. The van der Waals surface area contributed by atoms with Gasteiger partial charge < -0.3 is 19.5 Å². The highest BCUT2D eigenvalue weighted by Crippen LogP contribution is 2.20. The molecule has 7 heteroatoms. The first-order chi connectivity index (χ1) is 13.6. The van der Waals surface area contributed by atoms with Gasteiger partial charge in [-0.25, -0.2) is 4.98 Å². The molecule has 1 amide bonds. The Morgan fingerprint density at radius 1 is 1.18 bits per heavy atom. The number of aromatic nitrogens is 2. The number of H-pyrrole nitrogens is 1. The third-order valence-corrected chi connectivity index (χ3v) is 5.17. The van der Waals surface area contributed by atoms with E-state index in [1.807, 2.05) is 19.1 Å². The van der Waals surface area contributed by atoms with Gasteiger partial charge in [0.15, 0.2) is 0 Å². The van der Waals surface area contributed by atoms with Crippen LogP contribution in [0, 0.1) is 6.92 Å². The number of benzene rings is 1. The molecule has 1 N–H and O–H groups in total. The molecule has 3 heterocycles. The molecule has 1 aliphatic heterocycles. The topological polar surface area (TPSA) is 78.5 Å². The molecular formula is C21H22N4O3. The molecule has 2 aromatic heterocycles. The van der Waals surface area contributed by atoms with E-state index >= 15 is 0 Å². The number of rotatable bonds is 3. The molecule has 0 unspecified atom stereocenters. The molecule has 1 fully saturated rings. The van der Waals surface area contributed by atoms with E-state index in [9.17, 15) is 9.59 Å². The lowest BCUT2D eigenvalue weighted by molar-refractivity contribution is 0.0745. The predicted molar refractivity (Wildman–Crippen MR) is 108 cm³/mol. The summed E-state index contributed by atoms with van der Waals surface area (Å²) in [6, 6.07) is 9.16. The second-order valence-electron chi connectivity index (χ2n) is 6.87. The number of fused-ring (bicyclic) bond motifs is 1. The summed E-state index contributed by atoms with van der Waals surface area (Å²) in [4.78, 5) is 37.2. The molecular weight excluding hydrogens is 356 g/mol. The minimum Gasteiger partial charge on any atom is -0.497 e. The van der Waals surface area contributed by atoms with Crippen LogP contribution in [0.5, 0.6) is 5.75 Å². The van der Waals surface area contributed by atoms with Crippen LogP contribution in [0.2, 0.25) is 0 Å². The van der Waals surface area contributed by atoms with Crippen LogP contribution in [-0.4, -0.2) is 54.1 Å². The van der Waals surface area contributed by atoms with E-state index in [4.69, 9.17) is 4.74 Å². The smallest absolute Gasteiger partial charge is 0.259 e. The van der Waals surface area contributed by atoms with Gasteiger partial charge in [-0.2, -0.15) is 0 Å². The van der Waals surface area contributed by atoms with Crippen LogP contribution in [-0.2, 0) is 0 Å². The van der Waals surface area contributed by atoms with Crippen LogP contribution < -0.4 is 15.1 Å². The van der Waals surface area contributed by atoms with Crippen LogP contribution in [0.3, 0.4) is 0 Å². The summed E-state index contributed by atoms with van der Waals surface area (Å²) in [7, 11) is 1.55. The SMILES string of the molecule is COc1ccc2[nH]cc(C(=O)N3CCN(c4ncccc4C)CC3)c(=O)c2c1. The van der Waals surface area contributed by atoms with E-state index < -0.39 is 0 Å². The van der Waals surface area contributed by atoms with Crippen molar-refractivity contribution in [1.29, 1.82) is 0 Å². The van der Waals surface area contributed by atoms with Crippen molar-refractivity contribution in [1.82, 2.24) is 14.9 Å². The zero-order valence-corrected chi connectivity index (χ0v) is 15.9. The summed E-state index contributed by atoms with van der Waals surface area (Å²) in [5.41, 5.74) is 1.67. The van der Waals surface area contributed by atoms with Crippen molar-refractivity contribution < 1.29 is 9.53 Å². The van der Waals surface area contributed by atoms with Crippen molar-refractivity contribution in [3.63, 3.8) is 0 Å². The highest BCUT2D eigenvalue weighted by molar-refractivity contribution is 5.97. The first-order valence-electron chi connectivity index (χ1n) is 9.24. The van der Waals surface area contributed by atoms with Crippen LogP contribution >= 0.6 is 0 Å². The standard InChI is InChI=1S/C21H22N4O3/c1-14-4-3-7-22-20(14)24-8-10-25(11-9-24)21(27)17-13-23-18-6-5-15(28-2)12-16(18)19(17)26/h3-7,12-13H,8-11H2,1-2H3,(H,23,26). The summed E-state index contributed by atoms with van der Waals surface area (Å²) < 4.78 is 5.20. The molecule has 4 rings (SSSR count). The fourth-order valence-corrected chi connectivity index (χ4v) is 3.58. The molecule has 0 aliphatic carbocycles. The van der Waals surface area contributed by atoms with Gasteiger partial charge in [-0.05, 0) is 36.8 Å². The van der Waals surface area contributed by atoms with Crippen LogP contribution in [0.15, 0.2) is 47.5 Å². The fraction of sp³-hybridized carbons (Fsp3) is 0.286. The highest BCUT2D eigenvalue weighted by Gasteiger charge is 2.25. The number of nitrogens with one attached hydrogen (secondary N) is 1. The molecule has 0 spiro atoms. The van der Waals surface area contributed by atoms with Gasteiger partial charge in [0.2, 0.25) is 5.43 Å². The maximum Gasteiger partial charge on any atom is 0.259 e. The van der Waals surface area contributed by atoms with Gasteiger partial charge >= 0.3 is 0 Å². The molecule has 28 heavy (non-hydrogen) atoms. The largest absolute Gasteiger partial charge is 0.497 e. The van der Waals surface area contributed by atoms with Gasteiger partial charge in [-0.15, -0.1) is 0 Å². The molecule has 0 radical (unpaired) electrons. The van der Waals surface area contributed by atoms with Gasteiger partial charge in [-0.1, -0.05) is 6.07 Å². The molecule has 1 saturated heterocycles. The van der Waals surface area contributed by atoms with Gasteiger partial charge in [0.05, 0.1) is 7.11 Å².